The first-order chi connectivity index (χ1) is 6.32. The number of aryl methyl sites for hydroxylation is 1. The molecule has 0 fully saturated rings. The Morgan fingerprint density at radius 1 is 1.46 bits per heavy atom. The van der Waals surface area contributed by atoms with Gasteiger partial charge in [0.15, 0.2) is 0 Å². The summed E-state index contributed by atoms with van der Waals surface area (Å²) in [5.74, 6) is 0. The molecule has 2 nitrogen and oxygen atoms in total. The van der Waals surface area contributed by atoms with E-state index in [2.05, 4.69) is 23.5 Å². The zero-order valence-corrected chi connectivity index (χ0v) is 7.88. The van der Waals surface area contributed by atoms with Crippen LogP contribution >= 0.6 is 0 Å². The van der Waals surface area contributed by atoms with Gasteiger partial charge in [-0.1, -0.05) is 24.3 Å². The lowest BCUT2D eigenvalue weighted by molar-refractivity contribution is 0.169. The van der Waals surface area contributed by atoms with Crippen LogP contribution in [-0.2, 0) is 12.0 Å². The molecule has 0 saturated carbocycles. The van der Waals surface area contributed by atoms with Crippen LogP contribution in [0.25, 0.3) is 0 Å². The second-order valence-corrected chi connectivity index (χ2v) is 3.65. The summed E-state index contributed by atoms with van der Waals surface area (Å²) in [4.78, 5) is 0. The van der Waals surface area contributed by atoms with Crippen molar-refractivity contribution < 1.29 is 5.11 Å². The maximum Gasteiger partial charge on any atom is 0.0672 e. The topological polar surface area (TPSA) is 32.3 Å². The number of likely N-dealkylation sites (N-methyl/N-ethyl adjacent to an activating group) is 1. The van der Waals surface area contributed by atoms with Crippen molar-refractivity contribution in [2.75, 3.05) is 13.7 Å². The summed E-state index contributed by atoms with van der Waals surface area (Å²) in [6.07, 6.45) is 2.07. The molecule has 0 radical (unpaired) electrons. The Morgan fingerprint density at radius 3 is 2.92 bits per heavy atom. The number of aliphatic hydroxyl groups excluding tert-OH is 1. The Labute approximate surface area is 78.6 Å². The van der Waals surface area contributed by atoms with E-state index < -0.39 is 0 Å². The molecule has 1 aromatic rings. The van der Waals surface area contributed by atoms with Crippen LogP contribution in [0.5, 0.6) is 0 Å². The lowest BCUT2D eigenvalue weighted by atomic mass is 9.93. The van der Waals surface area contributed by atoms with Gasteiger partial charge in [-0.2, -0.15) is 0 Å². The average Bonchev–Trinajstić information content (AvgIpc) is 2.58. The monoisotopic (exact) mass is 177 g/mol. The van der Waals surface area contributed by atoms with Gasteiger partial charge in [-0.15, -0.1) is 0 Å². The number of hydrogen-bond acceptors (Lipinski definition) is 2. The van der Waals surface area contributed by atoms with Crippen LogP contribution in [0.2, 0.25) is 0 Å². The van der Waals surface area contributed by atoms with E-state index in [9.17, 15) is 5.11 Å². The van der Waals surface area contributed by atoms with Crippen molar-refractivity contribution in [3.05, 3.63) is 35.4 Å². The minimum atomic E-state index is -0.184. The van der Waals surface area contributed by atoms with Gasteiger partial charge in [-0.3, -0.25) is 0 Å². The normalized spacial score (nSPS) is 26.0. The molecule has 2 N–H and O–H groups in total. The fourth-order valence-corrected chi connectivity index (χ4v) is 2.19. The van der Waals surface area contributed by atoms with Gasteiger partial charge < -0.3 is 10.4 Å². The molecule has 1 aromatic carbocycles. The molecule has 1 unspecified atom stereocenters. The van der Waals surface area contributed by atoms with Gasteiger partial charge in [0, 0.05) is 0 Å². The van der Waals surface area contributed by atoms with Crippen molar-refractivity contribution >= 4 is 0 Å². The molecule has 0 aromatic heterocycles. The molecule has 2 heteroatoms. The molecule has 0 heterocycles. The molecule has 70 valence electrons. The average molecular weight is 177 g/mol. The molecule has 0 aliphatic heterocycles. The van der Waals surface area contributed by atoms with Gasteiger partial charge in [0.05, 0.1) is 12.1 Å². The molecule has 2 rings (SSSR count). The number of rotatable bonds is 2. The smallest absolute Gasteiger partial charge is 0.0672 e. The van der Waals surface area contributed by atoms with Crippen LogP contribution in [0.3, 0.4) is 0 Å². The Morgan fingerprint density at radius 2 is 2.23 bits per heavy atom. The van der Waals surface area contributed by atoms with Crippen molar-refractivity contribution in [2.45, 2.75) is 18.4 Å². The number of fused-ring (bicyclic) bond motifs is 1. The molecule has 1 aliphatic carbocycles. The zero-order chi connectivity index (χ0) is 9.31. The molecule has 1 aliphatic rings. The largest absolute Gasteiger partial charge is 0.394 e. The maximum absolute atomic E-state index is 9.40. The molecular weight excluding hydrogens is 162 g/mol. The van der Waals surface area contributed by atoms with Gasteiger partial charge in [-0.25, -0.2) is 0 Å². The summed E-state index contributed by atoms with van der Waals surface area (Å²) in [6, 6.07) is 8.34. The molecule has 1 atom stereocenters. The highest BCUT2D eigenvalue weighted by molar-refractivity contribution is 5.38. The van der Waals surface area contributed by atoms with E-state index in [1.54, 1.807) is 0 Å². The van der Waals surface area contributed by atoms with Gasteiger partial charge >= 0.3 is 0 Å². The first-order valence-corrected chi connectivity index (χ1v) is 4.70. The highest BCUT2D eigenvalue weighted by Crippen LogP contribution is 2.35. The molecule has 13 heavy (non-hydrogen) atoms. The molecule has 0 saturated heterocycles. The second kappa shape index (κ2) is 3.13. The van der Waals surface area contributed by atoms with Crippen LogP contribution in [0, 0.1) is 0 Å². The Bertz CT molecular complexity index is 305. The first kappa shape index (κ1) is 8.73. The van der Waals surface area contributed by atoms with E-state index in [4.69, 9.17) is 0 Å². The quantitative estimate of drug-likeness (QED) is 0.707. The van der Waals surface area contributed by atoms with Gasteiger partial charge in [0.1, 0.15) is 0 Å². The van der Waals surface area contributed by atoms with Crippen LogP contribution in [0.1, 0.15) is 17.5 Å². The Balaban J connectivity index is 2.47. The Kier molecular flexibility index (Phi) is 2.10. The summed E-state index contributed by atoms with van der Waals surface area (Å²) in [6.45, 7) is 0.181. The minimum absolute atomic E-state index is 0.181. The van der Waals surface area contributed by atoms with E-state index in [0.29, 0.717) is 0 Å². The highest BCUT2D eigenvalue weighted by atomic mass is 16.3. The second-order valence-electron chi connectivity index (χ2n) is 3.65. The summed E-state index contributed by atoms with van der Waals surface area (Å²) in [7, 11) is 1.92. The van der Waals surface area contributed by atoms with Crippen molar-refractivity contribution in [2.24, 2.45) is 0 Å². The number of nitrogens with one attached hydrogen (secondary N) is 1. The number of aliphatic hydroxyl groups is 1. The van der Waals surface area contributed by atoms with Crippen molar-refractivity contribution in [3.8, 4) is 0 Å². The van der Waals surface area contributed by atoms with Crippen LogP contribution in [0.4, 0.5) is 0 Å². The minimum Gasteiger partial charge on any atom is -0.394 e. The zero-order valence-electron chi connectivity index (χ0n) is 7.88. The van der Waals surface area contributed by atoms with Gasteiger partial charge in [-0.05, 0) is 31.0 Å². The van der Waals surface area contributed by atoms with E-state index in [1.807, 2.05) is 13.1 Å². The van der Waals surface area contributed by atoms with Crippen LogP contribution in [0.15, 0.2) is 24.3 Å². The SMILES string of the molecule is CNC1(CO)CCc2ccccc21. The third-order valence-electron chi connectivity index (χ3n) is 3.10. The van der Waals surface area contributed by atoms with E-state index in [0.717, 1.165) is 12.8 Å². The van der Waals surface area contributed by atoms with E-state index in [1.165, 1.54) is 11.1 Å². The van der Waals surface area contributed by atoms with Crippen molar-refractivity contribution in [1.82, 2.24) is 5.32 Å². The third kappa shape index (κ3) is 1.18. The Hall–Kier alpha value is -0.860. The van der Waals surface area contributed by atoms with Gasteiger partial charge in [0.2, 0.25) is 0 Å². The summed E-state index contributed by atoms with van der Waals surface area (Å²) >= 11 is 0. The third-order valence-corrected chi connectivity index (χ3v) is 3.10. The molecule has 0 amide bonds. The lowest BCUT2D eigenvalue weighted by Gasteiger charge is -2.27. The highest BCUT2D eigenvalue weighted by Gasteiger charge is 2.36. The van der Waals surface area contributed by atoms with Crippen LogP contribution < -0.4 is 5.32 Å². The summed E-state index contributed by atoms with van der Waals surface area (Å²) < 4.78 is 0. The standard InChI is InChI=1S/C11H15NO/c1-12-11(8-13)7-6-9-4-2-3-5-10(9)11/h2-5,12-13H,6-8H2,1H3. The predicted octanol–water partition coefficient (Wildman–Crippen LogP) is 1.04. The first-order valence-electron chi connectivity index (χ1n) is 4.70. The fourth-order valence-electron chi connectivity index (χ4n) is 2.19. The lowest BCUT2D eigenvalue weighted by Crippen LogP contribution is -2.41. The van der Waals surface area contributed by atoms with E-state index in [-0.39, 0.29) is 12.1 Å². The van der Waals surface area contributed by atoms with Crippen LogP contribution in [-0.4, -0.2) is 18.8 Å². The number of hydrogen-bond donors (Lipinski definition) is 2. The predicted molar refractivity (Wildman–Crippen MR) is 52.6 cm³/mol. The fraction of sp³-hybridized carbons (Fsp3) is 0.455. The maximum atomic E-state index is 9.40. The van der Waals surface area contributed by atoms with Crippen molar-refractivity contribution in [1.29, 1.82) is 0 Å². The van der Waals surface area contributed by atoms with E-state index >= 15 is 0 Å². The molecule has 0 bridgehead atoms. The van der Waals surface area contributed by atoms with Crippen molar-refractivity contribution in [3.63, 3.8) is 0 Å². The summed E-state index contributed by atoms with van der Waals surface area (Å²) in [5.41, 5.74) is 2.45. The molecule has 0 spiro atoms. The van der Waals surface area contributed by atoms with Gasteiger partial charge in [0.25, 0.3) is 0 Å². The summed E-state index contributed by atoms with van der Waals surface area (Å²) in [5, 5.41) is 12.6. The number of benzene rings is 1. The molecular formula is C11H15NO.